The zero-order valence-corrected chi connectivity index (χ0v) is 10.00. The summed E-state index contributed by atoms with van der Waals surface area (Å²) in [5.41, 5.74) is 0. The van der Waals surface area contributed by atoms with Gasteiger partial charge in [-0.15, -0.1) is 0 Å². The maximum atomic E-state index is 10.7. The summed E-state index contributed by atoms with van der Waals surface area (Å²) >= 11 is 0. The number of aromatic nitrogens is 2. The summed E-state index contributed by atoms with van der Waals surface area (Å²) < 4.78 is 10.3. The van der Waals surface area contributed by atoms with Gasteiger partial charge in [0.25, 0.3) is 0 Å². The van der Waals surface area contributed by atoms with Crippen LogP contribution in [0, 0.1) is 0 Å². The van der Waals surface area contributed by atoms with Crippen molar-refractivity contribution in [1.82, 2.24) is 9.97 Å². The molecule has 2 heterocycles. The molecule has 1 saturated heterocycles. The van der Waals surface area contributed by atoms with Crippen molar-refractivity contribution in [1.29, 1.82) is 0 Å². The van der Waals surface area contributed by atoms with Crippen LogP contribution in [0.15, 0.2) is 12.4 Å². The molecule has 7 heteroatoms. The van der Waals surface area contributed by atoms with E-state index in [4.69, 9.17) is 14.6 Å². The fraction of sp³-hybridized carbons (Fsp3) is 0.545. The third-order valence-corrected chi connectivity index (χ3v) is 2.74. The summed E-state index contributed by atoms with van der Waals surface area (Å²) in [7, 11) is 1.53. The molecule has 1 aromatic rings. The van der Waals surface area contributed by atoms with Crippen LogP contribution in [-0.2, 0) is 9.53 Å². The SMILES string of the molecule is COc1cc(NCC2CCC(C(=O)O)O2)ncn1. The van der Waals surface area contributed by atoms with Crippen molar-refractivity contribution in [3.05, 3.63) is 12.4 Å². The lowest BCUT2D eigenvalue weighted by Gasteiger charge is -2.12. The smallest absolute Gasteiger partial charge is 0.332 e. The van der Waals surface area contributed by atoms with Gasteiger partial charge in [-0.25, -0.2) is 14.8 Å². The first kappa shape index (κ1) is 12.6. The highest BCUT2D eigenvalue weighted by molar-refractivity contribution is 5.72. The maximum absolute atomic E-state index is 10.7. The number of nitrogens with zero attached hydrogens (tertiary/aromatic N) is 2. The molecule has 1 aliphatic rings. The highest BCUT2D eigenvalue weighted by Crippen LogP contribution is 2.20. The number of ether oxygens (including phenoxy) is 2. The zero-order chi connectivity index (χ0) is 13.0. The van der Waals surface area contributed by atoms with Crippen molar-refractivity contribution < 1.29 is 19.4 Å². The summed E-state index contributed by atoms with van der Waals surface area (Å²) in [6.07, 6.45) is 1.89. The van der Waals surface area contributed by atoms with E-state index < -0.39 is 12.1 Å². The molecule has 2 atom stereocenters. The van der Waals surface area contributed by atoms with Crippen LogP contribution in [0.25, 0.3) is 0 Å². The predicted octanol–water partition coefficient (Wildman–Crippen LogP) is 0.529. The van der Waals surface area contributed by atoms with Crippen molar-refractivity contribution in [3.63, 3.8) is 0 Å². The van der Waals surface area contributed by atoms with Crippen LogP contribution in [0.1, 0.15) is 12.8 Å². The number of carbonyl (C=O) groups is 1. The van der Waals surface area contributed by atoms with Crippen molar-refractivity contribution in [3.8, 4) is 5.88 Å². The second-order valence-electron chi connectivity index (χ2n) is 3.99. The van der Waals surface area contributed by atoms with E-state index in [1.165, 1.54) is 13.4 Å². The highest BCUT2D eigenvalue weighted by atomic mass is 16.5. The molecule has 2 unspecified atom stereocenters. The molecule has 0 radical (unpaired) electrons. The molecule has 18 heavy (non-hydrogen) atoms. The van der Waals surface area contributed by atoms with Gasteiger partial charge in [-0.2, -0.15) is 0 Å². The molecular formula is C11H15N3O4. The van der Waals surface area contributed by atoms with Crippen LogP contribution in [0.2, 0.25) is 0 Å². The van der Waals surface area contributed by atoms with Crippen LogP contribution >= 0.6 is 0 Å². The third-order valence-electron chi connectivity index (χ3n) is 2.74. The summed E-state index contributed by atoms with van der Waals surface area (Å²) in [6, 6.07) is 1.67. The van der Waals surface area contributed by atoms with Gasteiger partial charge >= 0.3 is 5.97 Å². The number of anilines is 1. The lowest BCUT2D eigenvalue weighted by atomic mass is 10.2. The fourth-order valence-electron chi connectivity index (χ4n) is 1.80. The van der Waals surface area contributed by atoms with E-state index in [2.05, 4.69) is 15.3 Å². The monoisotopic (exact) mass is 253 g/mol. The summed E-state index contributed by atoms with van der Waals surface area (Å²) in [5.74, 6) is 0.202. The van der Waals surface area contributed by atoms with E-state index in [0.717, 1.165) is 6.42 Å². The number of methoxy groups -OCH3 is 1. The van der Waals surface area contributed by atoms with Gasteiger partial charge in [0.15, 0.2) is 6.10 Å². The van der Waals surface area contributed by atoms with Gasteiger partial charge in [-0.1, -0.05) is 0 Å². The van der Waals surface area contributed by atoms with Crippen molar-refractivity contribution >= 4 is 11.8 Å². The number of hydrogen-bond acceptors (Lipinski definition) is 6. The Morgan fingerprint density at radius 2 is 2.44 bits per heavy atom. The molecule has 2 rings (SSSR count). The standard InChI is InChI=1S/C11H15N3O4/c1-17-10-4-9(13-6-14-10)12-5-7-2-3-8(18-7)11(15)16/h4,6-8H,2-3,5H2,1H3,(H,15,16)(H,12,13,14). The minimum atomic E-state index is -0.902. The van der Waals surface area contributed by atoms with Crippen LogP contribution in [0.4, 0.5) is 5.82 Å². The molecule has 0 saturated carbocycles. The average Bonchev–Trinajstić information content (AvgIpc) is 2.85. The van der Waals surface area contributed by atoms with Gasteiger partial charge in [0, 0.05) is 12.6 Å². The molecular weight excluding hydrogens is 238 g/mol. The Hall–Kier alpha value is -1.89. The molecule has 2 N–H and O–H groups in total. The first-order valence-corrected chi connectivity index (χ1v) is 5.67. The van der Waals surface area contributed by atoms with Crippen molar-refractivity contribution in [2.45, 2.75) is 25.0 Å². The molecule has 1 fully saturated rings. The Balaban J connectivity index is 1.83. The topological polar surface area (TPSA) is 93.6 Å². The van der Waals surface area contributed by atoms with Crippen molar-refractivity contribution in [2.24, 2.45) is 0 Å². The molecule has 0 spiro atoms. The van der Waals surface area contributed by atoms with Gasteiger partial charge < -0.3 is 19.9 Å². The number of rotatable bonds is 5. The van der Waals surface area contributed by atoms with E-state index >= 15 is 0 Å². The highest BCUT2D eigenvalue weighted by Gasteiger charge is 2.30. The van der Waals surface area contributed by atoms with Gasteiger partial charge in [0.05, 0.1) is 13.2 Å². The van der Waals surface area contributed by atoms with E-state index in [0.29, 0.717) is 24.7 Å². The average molecular weight is 253 g/mol. The molecule has 0 aromatic carbocycles. The maximum Gasteiger partial charge on any atom is 0.332 e. The van der Waals surface area contributed by atoms with E-state index in [1.54, 1.807) is 6.07 Å². The number of hydrogen-bond donors (Lipinski definition) is 2. The molecule has 1 aliphatic heterocycles. The van der Waals surface area contributed by atoms with E-state index in [-0.39, 0.29) is 6.10 Å². The Labute approximate surface area is 104 Å². The second kappa shape index (κ2) is 5.63. The molecule has 0 aliphatic carbocycles. The molecule has 0 bridgehead atoms. The lowest BCUT2D eigenvalue weighted by molar-refractivity contribution is -0.149. The Morgan fingerprint density at radius 3 is 3.11 bits per heavy atom. The first-order valence-electron chi connectivity index (χ1n) is 5.67. The Kier molecular flexibility index (Phi) is 3.93. The largest absolute Gasteiger partial charge is 0.481 e. The quantitative estimate of drug-likeness (QED) is 0.790. The van der Waals surface area contributed by atoms with Crippen LogP contribution in [0.5, 0.6) is 5.88 Å². The lowest BCUT2D eigenvalue weighted by Crippen LogP contribution is -2.24. The van der Waals surface area contributed by atoms with E-state index in [1.807, 2.05) is 0 Å². The minimum absolute atomic E-state index is 0.105. The Bertz CT molecular complexity index is 427. The number of carboxylic acid groups (broad SMARTS) is 1. The normalized spacial score (nSPS) is 22.7. The van der Waals surface area contributed by atoms with Crippen molar-refractivity contribution in [2.75, 3.05) is 19.0 Å². The number of carboxylic acids is 1. The fourth-order valence-corrected chi connectivity index (χ4v) is 1.80. The van der Waals surface area contributed by atoms with Gasteiger partial charge in [-0.05, 0) is 12.8 Å². The van der Waals surface area contributed by atoms with Crippen LogP contribution < -0.4 is 10.1 Å². The minimum Gasteiger partial charge on any atom is -0.481 e. The second-order valence-corrected chi connectivity index (χ2v) is 3.99. The zero-order valence-electron chi connectivity index (χ0n) is 10.00. The Morgan fingerprint density at radius 1 is 1.61 bits per heavy atom. The van der Waals surface area contributed by atoms with Gasteiger partial charge in [-0.3, -0.25) is 0 Å². The summed E-state index contributed by atoms with van der Waals surface area (Å²) in [4.78, 5) is 18.6. The number of aliphatic carboxylic acids is 1. The van der Waals surface area contributed by atoms with Gasteiger partial charge in [0.1, 0.15) is 12.1 Å². The summed E-state index contributed by atoms with van der Waals surface area (Å²) in [5, 5.41) is 11.9. The summed E-state index contributed by atoms with van der Waals surface area (Å²) in [6.45, 7) is 0.518. The predicted molar refractivity (Wildman–Crippen MR) is 62.6 cm³/mol. The number of nitrogens with one attached hydrogen (secondary N) is 1. The molecule has 0 amide bonds. The third kappa shape index (κ3) is 3.07. The first-order chi connectivity index (χ1) is 8.69. The van der Waals surface area contributed by atoms with Gasteiger partial charge in [0.2, 0.25) is 5.88 Å². The van der Waals surface area contributed by atoms with Crippen LogP contribution in [0.3, 0.4) is 0 Å². The molecule has 98 valence electrons. The molecule has 7 nitrogen and oxygen atoms in total. The van der Waals surface area contributed by atoms with E-state index in [9.17, 15) is 4.79 Å². The van der Waals surface area contributed by atoms with Crippen LogP contribution in [-0.4, -0.2) is 46.9 Å². The molecule has 1 aromatic heterocycles.